The minimum Gasteiger partial charge on any atom is -0.497 e. The molecule has 0 aliphatic heterocycles. The Bertz CT molecular complexity index is 1000. The van der Waals surface area contributed by atoms with Crippen molar-refractivity contribution < 1.29 is 14.3 Å². The molecule has 0 bridgehead atoms. The van der Waals surface area contributed by atoms with E-state index in [2.05, 4.69) is 0 Å². The molecule has 2 aromatic carbocycles. The molecule has 0 aliphatic carbocycles. The number of ketones is 1. The standard InChI is InChI=1S/C20H16O4S/c1-23-15-7-3-13(4-8-15)5-10-18(21)17-11-14-6-9-16(24-2)12-19(14)25-20(17)22/h3-12H,1-2H3/b10-5-. The van der Waals surface area contributed by atoms with Crippen LogP contribution in [0.25, 0.3) is 16.2 Å². The lowest BCUT2D eigenvalue weighted by atomic mass is 10.1. The quantitative estimate of drug-likeness (QED) is 0.511. The van der Waals surface area contributed by atoms with E-state index in [0.717, 1.165) is 32.7 Å². The lowest BCUT2D eigenvalue weighted by Gasteiger charge is -2.03. The Balaban J connectivity index is 1.89. The van der Waals surface area contributed by atoms with Crippen LogP contribution in [0.2, 0.25) is 0 Å². The van der Waals surface area contributed by atoms with Gasteiger partial charge in [0, 0.05) is 4.70 Å². The van der Waals surface area contributed by atoms with Crippen LogP contribution in [0.3, 0.4) is 0 Å². The summed E-state index contributed by atoms with van der Waals surface area (Å²) in [6, 6.07) is 14.4. The van der Waals surface area contributed by atoms with Crippen LogP contribution in [0.1, 0.15) is 15.9 Å². The van der Waals surface area contributed by atoms with Gasteiger partial charge in [-0.25, -0.2) is 0 Å². The van der Waals surface area contributed by atoms with E-state index in [4.69, 9.17) is 9.47 Å². The molecular formula is C20H16O4S. The molecule has 1 heterocycles. The normalized spacial score (nSPS) is 11.0. The summed E-state index contributed by atoms with van der Waals surface area (Å²) in [6.45, 7) is 0. The van der Waals surface area contributed by atoms with Gasteiger partial charge in [0.25, 0.3) is 0 Å². The highest BCUT2D eigenvalue weighted by atomic mass is 32.1. The van der Waals surface area contributed by atoms with E-state index in [-0.39, 0.29) is 16.1 Å². The summed E-state index contributed by atoms with van der Waals surface area (Å²) in [5, 5.41) is 0.839. The third-order valence-electron chi connectivity index (χ3n) is 3.75. The number of hydrogen-bond donors (Lipinski definition) is 0. The van der Waals surface area contributed by atoms with Gasteiger partial charge in [-0.1, -0.05) is 29.5 Å². The van der Waals surface area contributed by atoms with Crippen LogP contribution in [0.5, 0.6) is 11.5 Å². The van der Waals surface area contributed by atoms with Gasteiger partial charge in [0.15, 0.2) is 5.78 Å². The van der Waals surface area contributed by atoms with Crippen molar-refractivity contribution in [2.24, 2.45) is 0 Å². The summed E-state index contributed by atoms with van der Waals surface area (Å²) in [4.78, 5) is 24.7. The number of methoxy groups -OCH3 is 2. The molecule has 3 aromatic rings. The Morgan fingerprint density at radius 1 is 0.960 bits per heavy atom. The second kappa shape index (κ2) is 7.32. The monoisotopic (exact) mass is 352 g/mol. The molecule has 3 rings (SSSR count). The van der Waals surface area contributed by atoms with Crippen molar-refractivity contribution in [2.75, 3.05) is 14.2 Å². The zero-order chi connectivity index (χ0) is 17.8. The molecule has 25 heavy (non-hydrogen) atoms. The fourth-order valence-electron chi connectivity index (χ4n) is 2.37. The Morgan fingerprint density at radius 3 is 2.32 bits per heavy atom. The number of fused-ring (bicyclic) bond motifs is 1. The minimum atomic E-state index is -0.310. The number of ether oxygens (including phenoxy) is 2. The first-order chi connectivity index (χ1) is 12.1. The highest BCUT2D eigenvalue weighted by Crippen LogP contribution is 2.23. The first kappa shape index (κ1) is 16.9. The maximum atomic E-state index is 12.4. The predicted octanol–water partition coefficient (Wildman–Crippen LogP) is 4.17. The molecule has 0 saturated carbocycles. The van der Waals surface area contributed by atoms with Gasteiger partial charge in [0.1, 0.15) is 11.5 Å². The SMILES string of the molecule is COc1ccc(/C=C\C(=O)c2cc3ccc(OC)cc3sc2=O)cc1. The van der Waals surface area contributed by atoms with E-state index < -0.39 is 0 Å². The van der Waals surface area contributed by atoms with Crippen LogP contribution in [-0.4, -0.2) is 20.0 Å². The Hall–Kier alpha value is -2.92. The van der Waals surface area contributed by atoms with E-state index in [1.807, 2.05) is 30.3 Å². The summed E-state index contributed by atoms with van der Waals surface area (Å²) in [6.07, 6.45) is 3.10. The van der Waals surface area contributed by atoms with Crippen LogP contribution in [0.15, 0.2) is 59.4 Å². The lowest BCUT2D eigenvalue weighted by molar-refractivity contribution is 0.104. The first-order valence-corrected chi connectivity index (χ1v) is 8.41. The highest BCUT2D eigenvalue weighted by molar-refractivity contribution is 7.16. The summed E-state index contributed by atoms with van der Waals surface area (Å²) in [5.41, 5.74) is 1.03. The molecule has 0 unspecified atom stereocenters. The molecule has 0 fully saturated rings. The number of benzene rings is 2. The van der Waals surface area contributed by atoms with Crippen molar-refractivity contribution in [1.29, 1.82) is 0 Å². The Labute approximate surface area is 149 Å². The zero-order valence-electron chi connectivity index (χ0n) is 13.8. The van der Waals surface area contributed by atoms with Crippen molar-refractivity contribution in [3.05, 3.63) is 75.3 Å². The van der Waals surface area contributed by atoms with E-state index in [1.165, 1.54) is 6.08 Å². The van der Waals surface area contributed by atoms with Gasteiger partial charge in [0.2, 0.25) is 4.74 Å². The predicted molar refractivity (Wildman–Crippen MR) is 101 cm³/mol. The smallest absolute Gasteiger partial charge is 0.244 e. The number of carbonyl (C=O) groups excluding carboxylic acids is 1. The molecule has 1 aromatic heterocycles. The van der Waals surface area contributed by atoms with E-state index >= 15 is 0 Å². The van der Waals surface area contributed by atoms with E-state index in [1.54, 1.807) is 38.5 Å². The second-order valence-corrected chi connectivity index (χ2v) is 6.34. The average molecular weight is 352 g/mol. The number of carbonyl (C=O) groups is 1. The maximum absolute atomic E-state index is 12.4. The first-order valence-electron chi connectivity index (χ1n) is 7.59. The van der Waals surface area contributed by atoms with Gasteiger partial charge in [-0.3, -0.25) is 9.59 Å². The van der Waals surface area contributed by atoms with Gasteiger partial charge in [-0.15, -0.1) is 0 Å². The molecule has 0 saturated heterocycles. The second-order valence-electron chi connectivity index (χ2n) is 5.32. The summed E-state index contributed by atoms with van der Waals surface area (Å²) >= 11 is 1.05. The van der Waals surface area contributed by atoms with Crippen molar-refractivity contribution in [3.8, 4) is 11.5 Å². The Morgan fingerprint density at radius 2 is 1.64 bits per heavy atom. The molecule has 0 radical (unpaired) electrons. The largest absolute Gasteiger partial charge is 0.497 e. The lowest BCUT2D eigenvalue weighted by Crippen LogP contribution is -2.09. The molecular weight excluding hydrogens is 336 g/mol. The Kier molecular flexibility index (Phi) is 4.95. The number of rotatable bonds is 5. The fraction of sp³-hybridized carbons (Fsp3) is 0.100. The van der Waals surface area contributed by atoms with Gasteiger partial charge < -0.3 is 9.47 Å². The van der Waals surface area contributed by atoms with Crippen molar-refractivity contribution in [1.82, 2.24) is 0 Å². The topological polar surface area (TPSA) is 52.6 Å². The van der Waals surface area contributed by atoms with Crippen LogP contribution in [0, 0.1) is 0 Å². The minimum absolute atomic E-state index is 0.174. The molecule has 0 amide bonds. The zero-order valence-corrected chi connectivity index (χ0v) is 14.6. The van der Waals surface area contributed by atoms with Crippen LogP contribution >= 0.6 is 11.3 Å². The molecule has 0 N–H and O–H groups in total. The van der Waals surface area contributed by atoms with Crippen molar-refractivity contribution >= 4 is 33.3 Å². The summed E-state index contributed by atoms with van der Waals surface area (Å²) in [7, 11) is 3.17. The van der Waals surface area contributed by atoms with Crippen LogP contribution < -0.4 is 14.2 Å². The third kappa shape index (κ3) is 3.78. The fourth-order valence-corrected chi connectivity index (χ4v) is 3.26. The van der Waals surface area contributed by atoms with Crippen LogP contribution in [-0.2, 0) is 0 Å². The maximum Gasteiger partial charge on any atom is 0.244 e. The van der Waals surface area contributed by atoms with Crippen molar-refractivity contribution in [3.63, 3.8) is 0 Å². The van der Waals surface area contributed by atoms with Gasteiger partial charge in [-0.05, 0) is 53.4 Å². The molecule has 0 atom stereocenters. The summed E-state index contributed by atoms with van der Waals surface area (Å²) < 4.78 is 10.8. The average Bonchev–Trinajstić information content (AvgIpc) is 2.65. The van der Waals surface area contributed by atoms with Crippen LogP contribution in [0.4, 0.5) is 0 Å². The van der Waals surface area contributed by atoms with E-state index in [0.29, 0.717) is 5.75 Å². The molecule has 0 aliphatic rings. The molecule has 126 valence electrons. The molecule has 0 spiro atoms. The van der Waals surface area contributed by atoms with E-state index in [9.17, 15) is 9.59 Å². The highest BCUT2D eigenvalue weighted by Gasteiger charge is 2.10. The summed E-state index contributed by atoms with van der Waals surface area (Å²) in [5.74, 6) is 1.12. The van der Waals surface area contributed by atoms with Gasteiger partial charge >= 0.3 is 0 Å². The van der Waals surface area contributed by atoms with Gasteiger partial charge in [0.05, 0.1) is 19.8 Å². The molecule has 4 nitrogen and oxygen atoms in total. The number of allylic oxidation sites excluding steroid dienone is 1. The third-order valence-corrected chi connectivity index (χ3v) is 4.73. The number of hydrogen-bond acceptors (Lipinski definition) is 5. The molecule has 5 heteroatoms. The van der Waals surface area contributed by atoms with Gasteiger partial charge in [-0.2, -0.15) is 0 Å². The van der Waals surface area contributed by atoms with Crippen molar-refractivity contribution in [2.45, 2.75) is 0 Å².